The Hall–Kier alpha value is -1.96. The predicted octanol–water partition coefficient (Wildman–Crippen LogP) is 3.22. The molecular weight excluding hydrogens is 214 g/mol. The smallest absolute Gasteiger partial charge is 0.274 e. The maximum absolute atomic E-state index is 13.6. The quantitative estimate of drug-likeness (QED) is 0.801. The number of hydrogen-bond donors (Lipinski definition) is 0. The molecule has 0 aliphatic heterocycles. The summed E-state index contributed by atoms with van der Waals surface area (Å²) in [5, 5.41) is 8.30. The lowest BCUT2D eigenvalue weighted by Gasteiger charge is -2.14. The first-order valence-corrected chi connectivity index (χ1v) is 4.72. The van der Waals surface area contributed by atoms with Crippen LogP contribution >= 0.6 is 0 Å². The highest BCUT2D eigenvalue weighted by Crippen LogP contribution is 2.34. The molecule has 0 aliphatic rings. The van der Waals surface area contributed by atoms with Gasteiger partial charge in [0.1, 0.15) is 5.52 Å². The molecule has 0 spiro atoms. The monoisotopic (exact) mass is 222 g/mol. The van der Waals surface area contributed by atoms with Gasteiger partial charge in [-0.25, -0.2) is 13.8 Å². The van der Waals surface area contributed by atoms with Crippen LogP contribution in [0.2, 0.25) is 0 Å². The zero-order valence-electron chi connectivity index (χ0n) is 8.28. The first-order chi connectivity index (χ1) is 7.63. The number of fused-ring (bicyclic) bond motifs is 1. The number of nitrogens with zero attached hydrogens (tertiary/aromatic N) is 2. The van der Waals surface area contributed by atoms with Crippen molar-refractivity contribution in [3.8, 4) is 6.07 Å². The van der Waals surface area contributed by atoms with Crippen LogP contribution in [0.5, 0.6) is 0 Å². The third kappa shape index (κ3) is 1.87. The normalized spacial score (nSPS) is 11.6. The van der Waals surface area contributed by atoms with Crippen LogP contribution in [0.3, 0.4) is 0 Å². The Balaban J connectivity index is 2.35. The molecule has 1 aromatic carbocycles. The first kappa shape index (κ1) is 10.6. The van der Waals surface area contributed by atoms with Crippen LogP contribution < -0.4 is 0 Å². The van der Waals surface area contributed by atoms with Crippen molar-refractivity contribution in [2.24, 2.45) is 0 Å². The molecule has 0 saturated carbocycles. The number of halogens is 2. The van der Waals surface area contributed by atoms with Crippen molar-refractivity contribution in [1.29, 1.82) is 5.26 Å². The van der Waals surface area contributed by atoms with E-state index in [9.17, 15) is 8.78 Å². The van der Waals surface area contributed by atoms with Crippen LogP contribution in [-0.4, -0.2) is 4.98 Å². The largest absolute Gasteiger partial charge is 0.443 e. The molecule has 0 unspecified atom stereocenters. The molecule has 0 saturated heterocycles. The minimum atomic E-state index is -3.00. The zero-order valence-corrected chi connectivity index (χ0v) is 8.28. The summed E-state index contributed by atoms with van der Waals surface area (Å²) in [6.07, 6.45) is 0.548. The van der Waals surface area contributed by atoms with Gasteiger partial charge in [-0.15, -0.1) is 0 Å². The van der Waals surface area contributed by atoms with Gasteiger partial charge in [-0.05, 0) is 12.1 Å². The fraction of sp³-hybridized carbons (Fsp3) is 0.273. The average molecular weight is 222 g/mol. The molecule has 0 aliphatic carbocycles. The predicted molar refractivity (Wildman–Crippen MR) is 52.8 cm³/mol. The maximum Gasteiger partial charge on any atom is 0.274 e. The van der Waals surface area contributed by atoms with E-state index in [2.05, 4.69) is 4.98 Å². The molecule has 16 heavy (non-hydrogen) atoms. The summed E-state index contributed by atoms with van der Waals surface area (Å²) in [5.41, 5.74) is 0.723. The van der Waals surface area contributed by atoms with Crippen molar-refractivity contribution in [2.45, 2.75) is 18.8 Å². The van der Waals surface area contributed by atoms with Gasteiger partial charge in [0.25, 0.3) is 5.92 Å². The van der Waals surface area contributed by atoms with Crippen LogP contribution in [0, 0.1) is 11.3 Å². The molecule has 3 nitrogen and oxygen atoms in total. The maximum atomic E-state index is 13.6. The summed E-state index contributed by atoms with van der Waals surface area (Å²) in [7, 11) is 0. The number of oxazole rings is 1. The fourth-order valence-electron chi connectivity index (χ4n) is 1.44. The van der Waals surface area contributed by atoms with Gasteiger partial charge in [0.15, 0.2) is 12.0 Å². The van der Waals surface area contributed by atoms with Crippen molar-refractivity contribution in [1.82, 2.24) is 4.98 Å². The van der Waals surface area contributed by atoms with E-state index in [1.165, 1.54) is 24.6 Å². The summed E-state index contributed by atoms with van der Waals surface area (Å²) >= 11 is 0. The average Bonchev–Trinajstić information content (AvgIpc) is 2.73. The Bertz CT molecular complexity index is 542. The van der Waals surface area contributed by atoms with Gasteiger partial charge in [0.05, 0.1) is 6.07 Å². The number of benzene rings is 1. The minimum Gasteiger partial charge on any atom is -0.443 e. The van der Waals surface area contributed by atoms with E-state index >= 15 is 0 Å². The summed E-state index contributed by atoms with van der Waals surface area (Å²) in [5.74, 6) is -3.00. The molecule has 0 fully saturated rings. The van der Waals surface area contributed by atoms with E-state index in [0.717, 1.165) is 0 Å². The number of nitriles is 1. The van der Waals surface area contributed by atoms with E-state index in [0.29, 0.717) is 11.1 Å². The molecule has 1 aromatic heterocycles. The lowest BCUT2D eigenvalue weighted by Crippen LogP contribution is -2.12. The van der Waals surface area contributed by atoms with Crippen LogP contribution in [0.15, 0.2) is 29.0 Å². The van der Waals surface area contributed by atoms with Crippen molar-refractivity contribution >= 4 is 11.1 Å². The Morgan fingerprint density at radius 3 is 3.00 bits per heavy atom. The Labute approximate surface area is 90.3 Å². The molecule has 0 N–H and O–H groups in total. The number of aromatic nitrogens is 1. The van der Waals surface area contributed by atoms with Gasteiger partial charge < -0.3 is 4.42 Å². The molecule has 0 amide bonds. The minimum absolute atomic E-state index is 0.146. The van der Waals surface area contributed by atoms with Crippen molar-refractivity contribution < 1.29 is 13.2 Å². The van der Waals surface area contributed by atoms with Crippen LogP contribution in [0.25, 0.3) is 11.1 Å². The lowest BCUT2D eigenvalue weighted by atomic mass is 10.0. The Morgan fingerprint density at radius 2 is 2.25 bits per heavy atom. The van der Waals surface area contributed by atoms with Gasteiger partial charge in [-0.2, -0.15) is 5.26 Å². The second kappa shape index (κ2) is 3.89. The summed E-state index contributed by atoms with van der Waals surface area (Å²) in [6, 6.07) is 5.76. The van der Waals surface area contributed by atoms with Gasteiger partial charge >= 0.3 is 0 Å². The number of rotatable bonds is 3. The molecule has 5 heteroatoms. The third-order valence-corrected chi connectivity index (χ3v) is 2.30. The molecule has 0 atom stereocenters. The van der Waals surface area contributed by atoms with Gasteiger partial charge in [0.2, 0.25) is 0 Å². The third-order valence-electron chi connectivity index (χ3n) is 2.30. The summed E-state index contributed by atoms with van der Waals surface area (Å²) in [4.78, 5) is 3.84. The number of hydrogen-bond acceptors (Lipinski definition) is 3. The molecule has 2 rings (SSSR count). The Morgan fingerprint density at radius 1 is 1.44 bits per heavy atom. The fourth-order valence-corrected chi connectivity index (χ4v) is 1.44. The summed E-state index contributed by atoms with van der Waals surface area (Å²) in [6.45, 7) is 0. The van der Waals surface area contributed by atoms with E-state index in [1.807, 2.05) is 0 Å². The van der Waals surface area contributed by atoms with E-state index in [1.54, 1.807) is 6.07 Å². The highest BCUT2D eigenvalue weighted by atomic mass is 19.3. The van der Waals surface area contributed by atoms with Gasteiger partial charge in [-0.1, -0.05) is 6.07 Å². The summed E-state index contributed by atoms with van der Waals surface area (Å²) < 4.78 is 32.1. The van der Waals surface area contributed by atoms with Crippen molar-refractivity contribution in [3.05, 3.63) is 30.2 Å². The first-order valence-electron chi connectivity index (χ1n) is 4.72. The molecule has 1 heterocycles. The lowest BCUT2D eigenvalue weighted by molar-refractivity contribution is -0.0118. The zero-order chi connectivity index (χ0) is 11.6. The molecule has 82 valence electrons. The van der Waals surface area contributed by atoms with E-state index < -0.39 is 12.3 Å². The molecule has 0 bridgehead atoms. The standard InChI is InChI=1S/C11H8F2N2O/c12-11(13,4-1-5-14)8-2-3-9-10(6-8)16-7-15-9/h2-3,6-7H,1,4H2. The molecule has 0 radical (unpaired) electrons. The second-order valence-corrected chi connectivity index (χ2v) is 3.40. The van der Waals surface area contributed by atoms with Crippen molar-refractivity contribution in [2.75, 3.05) is 0 Å². The van der Waals surface area contributed by atoms with Crippen molar-refractivity contribution in [3.63, 3.8) is 0 Å². The molecular formula is C11H8F2N2O. The Kier molecular flexibility index (Phi) is 2.57. The highest BCUT2D eigenvalue weighted by molar-refractivity contribution is 5.72. The second-order valence-electron chi connectivity index (χ2n) is 3.40. The number of alkyl halides is 2. The van der Waals surface area contributed by atoms with Crippen LogP contribution in [-0.2, 0) is 5.92 Å². The van der Waals surface area contributed by atoms with Crippen LogP contribution in [0.1, 0.15) is 18.4 Å². The topological polar surface area (TPSA) is 49.8 Å². The highest BCUT2D eigenvalue weighted by Gasteiger charge is 2.31. The molecule has 2 aromatic rings. The van der Waals surface area contributed by atoms with E-state index in [4.69, 9.17) is 9.68 Å². The van der Waals surface area contributed by atoms with E-state index in [-0.39, 0.29) is 12.0 Å². The SMILES string of the molecule is N#CCCC(F)(F)c1ccc2ncoc2c1. The van der Waals surface area contributed by atoms with Gasteiger partial charge in [0, 0.05) is 18.4 Å². The van der Waals surface area contributed by atoms with Crippen LogP contribution in [0.4, 0.5) is 8.78 Å². The van der Waals surface area contributed by atoms with Gasteiger partial charge in [-0.3, -0.25) is 0 Å².